The van der Waals surface area contributed by atoms with Crippen LogP contribution >= 0.6 is 0 Å². The molecule has 2 rings (SSSR count). The van der Waals surface area contributed by atoms with Crippen LogP contribution in [0.1, 0.15) is 0 Å². The fourth-order valence-corrected chi connectivity index (χ4v) is 1.75. The van der Waals surface area contributed by atoms with Crippen molar-refractivity contribution in [2.45, 2.75) is 0 Å². The summed E-state index contributed by atoms with van der Waals surface area (Å²) in [6.45, 7) is 4.51. The molecule has 14 heavy (non-hydrogen) atoms. The summed E-state index contributed by atoms with van der Waals surface area (Å²) in [6.07, 6.45) is 0. The van der Waals surface area contributed by atoms with Crippen molar-refractivity contribution in [3.05, 3.63) is 24.3 Å². The zero-order valence-corrected chi connectivity index (χ0v) is 8.61. The lowest BCUT2D eigenvalue weighted by Crippen LogP contribution is -2.44. The molecule has 0 saturated carbocycles. The smallest absolute Gasteiger partial charge is 0.113 e. The summed E-state index contributed by atoms with van der Waals surface area (Å²) in [6, 6.07) is 8.13. The largest absolute Gasteiger partial charge is 0.369 e. The molecule has 0 aromatic heterocycles. The maximum atomic E-state index is 5.65. The standard InChI is InChI=1S/C11H15BN2/c1-13-6-8-14(9-7-13)11-4-2-10(12)3-5-11/h2-5H,6-9H2,1H3. The summed E-state index contributed by atoms with van der Waals surface area (Å²) >= 11 is 0. The third-order valence-corrected chi connectivity index (χ3v) is 2.76. The van der Waals surface area contributed by atoms with Gasteiger partial charge in [0, 0.05) is 31.9 Å². The number of anilines is 1. The average molecular weight is 186 g/mol. The zero-order valence-electron chi connectivity index (χ0n) is 8.61. The molecule has 1 aliphatic heterocycles. The van der Waals surface area contributed by atoms with Gasteiger partial charge in [0.2, 0.25) is 0 Å². The van der Waals surface area contributed by atoms with Crippen LogP contribution in [0.2, 0.25) is 0 Å². The summed E-state index contributed by atoms with van der Waals surface area (Å²) < 4.78 is 0. The summed E-state index contributed by atoms with van der Waals surface area (Å²) in [4.78, 5) is 4.76. The molecule has 1 saturated heterocycles. The van der Waals surface area contributed by atoms with Crippen molar-refractivity contribution in [2.24, 2.45) is 0 Å². The third-order valence-electron chi connectivity index (χ3n) is 2.76. The Morgan fingerprint density at radius 1 is 1.00 bits per heavy atom. The number of rotatable bonds is 1. The van der Waals surface area contributed by atoms with Crippen LogP contribution in [-0.2, 0) is 0 Å². The molecule has 0 aliphatic carbocycles. The fraction of sp³-hybridized carbons (Fsp3) is 0.455. The van der Waals surface area contributed by atoms with E-state index >= 15 is 0 Å². The molecule has 1 aromatic carbocycles. The number of benzene rings is 1. The highest BCUT2D eigenvalue weighted by Crippen LogP contribution is 2.13. The predicted molar refractivity (Wildman–Crippen MR) is 61.5 cm³/mol. The van der Waals surface area contributed by atoms with E-state index in [-0.39, 0.29) is 0 Å². The highest BCUT2D eigenvalue weighted by Gasteiger charge is 2.13. The fourth-order valence-electron chi connectivity index (χ4n) is 1.75. The van der Waals surface area contributed by atoms with E-state index in [4.69, 9.17) is 7.85 Å². The van der Waals surface area contributed by atoms with Crippen LogP contribution in [0.5, 0.6) is 0 Å². The molecule has 0 spiro atoms. The molecule has 1 fully saturated rings. The number of likely N-dealkylation sites (N-methyl/N-ethyl adjacent to an activating group) is 1. The maximum absolute atomic E-state index is 5.65. The number of piperazine rings is 1. The van der Waals surface area contributed by atoms with Gasteiger partial charge in [-0.25, -0.2) is 0 Å². The van der Waals surface area contributed by atoms with Gasteiger partial charge >= 0.3 is 0 Å². The first kappa shape index (κ1) is 9.59. The number of nitrogens with zero attached hydrogens (tertiary/aromatic N) is 2. The molecule has 1 heterocycles. The van der Waals surface area contributed by atoms with Gasteiger partial charge in [-0.15, -0.1) is 0 Å². The molecule has 72 valence electrons. The lowest BCUT2D eigenvalue weighted by molar-refractivity contribution is 0.313. The monoisotopic (exact) mass is 186 g/mol. The van der Waals surface area contributed by atoms with E-state index in [1.807, 2.05) is 12.1 Å². The molecule has 2 nitrogen and oxygen atoms in total. The minimum absolute atomic E-state index is 0.836. The van der Waals surface area contributed by atoms with Crippen molar-refractivity contribution in [1.82, 2.24) is 4.90 Å². The quantitative estimate of drug-likeness (QED) is 0.579. The Labute approximate surface area is 86.9 Å². The van der Waals surface area contributed by atoms with Crippen molar-refractivity contribution in [3.63, 3.8) is 0 Å². The molecule has 0 atom stereocenters. The Hall–Kier alpha value is -0.955. The summed E-state index contributed by atoms with van der Waals surface area (Å²) in [5.41, 5.74) is 2.12. The van der Waals surface area contributed by atoms with Crippen LogP contribution in [0.4, 0.5) is 5.69 Å². The summed E-state index contributed by atoms with van der Waals surface area (Å²) in [5.74, 6) is 0. The molecule has 0 N–H and O–H groups in total. The van der Waals surface area contributed by atoms with E-state index in [2.05, 4.69) is 29.0 Å². The van der Waals surface area contributed by atoms with Gasteiger partial charge in [0.1, 0.15) is 7.85 Å². The zero-order chi connectivity index (χ0) is 9.97. The van der Waals surface area contributed by atoms with Gasteiger partial charge in [0.05, 0.1) is 0 Å². The first-order valence-corrected chi connectivity index (χ1v) is 5.05. The molecule has 1 aromatic rings. The predicted octanol–water partition coefficient (Wildman–Crippen LogP) is 0.232. The first-order valence-electron chi connectivity index (χ1n) is 5.05. The van der Waals surface area contributed by atoms with Crippen molar-refractivity contribution in [1.29, 1.82) is 0 Å². The highest BCUT2D eigenvalue weighted by molar-refractivity contribution is 6.32. The van der Waals surface area contributed by atoms with E-state index in [0.29, 0.717) is 0 Å². The van der Waals surface area contributed by atoms with Crippen LogP contribution in [0.3, 0.4) is 0 Å². The van der Waals surface area contributed by atoms with Gasteiger partial charge in [-0.05, 0) is 19.2 Å². The van der Waals surface area contributed by atoms with Crippen LogP contribution in [-0.4, -0.2) is 46.0 Å². The van der Waals surface area contributed by atoms with Gasteiger partial charge in [-0.1, -0.05) is 17.6 Å². The molecular formula is C11H15BN2. The summed E-state index contributed by atoms with van der Waals surface area (Å²) in [5, 5.41) is 0. The lowest BCUT2D eigenvalue weighted by Gasteiger charge is -2.34. The molecular weight excluding hydrogens is 171 g/mol. The molecule has 3 heteroatoms. The number of hydrogen-bond donors (Lipinski definition) is 0. The molecule has 0 amide bonds. The van der Waals surface area contributed by atoms with Gasteiger partial charge in [0.25, 0.3) is 0 Å². The van der Waals surface area contributed by atoms with Crippen LogP contribution in [0.25, 0.3) is 0 Å². The topological polar surface area (TPSA) is 6.48 Å². The SMILES string of the molecule is [B]c1ccc(N2CCN(C)CC2)cc1. The third kappa shape index (κ3) is 2.10. The molecule has 1 aliphatic rings. The molecule has 0 bridgehead atoms. The van der Waals surface area contributed by atoms with E-state index in [9.17, 15) is 0 Å². The molecule has 0 unspecified atom stereocenters. The van der Waals surface area contributed by atoms with Crippen molar-refractivity contribution >= 4 is 19.0 Å². The summed E-state index contributed by atoms with van der Waals surface area (Å²) in [7, 11) is 7.82. The van der Waals surface area contributed by atoms with Gasteiger partial charge in [-0.2, -0.15) is 0 Å². The maximum Gasteiger partial charge on any atom is 0.113 e. The van der Waals surface area contributed by atoms with E-state index < -0.39 is 0 Å². The Bertz CT molecular complexity index is 289. The van der Waals surface area contributed by atoms with E-state index in [1.54, 1.807) is 0 Å². The average Bonchev–Trinajstić information content (AvgIpc) is 2.21. The van der Waals surface area contributed by atoms with Gasteiger partial charge < -0.3 is 9.80 Å². The van der Waals surface area contributed by atoms with Crippen LogP contribution in [0, 0.1) is 0 Å². The minimum atomic E-state index is 0.836. The highest BCUT2D eigenvalue weighted by atomic mass is 15.2. The van der Waals surface area contributed by atoms with Crippen molar-refractivity contribution in [3.8, 4) is 0 Å². The Morgan fingerprint density at radius 2 is 1.57 bits per heavy atom. The first-order chi connectivity index (χ1) is 6.75. The van der Waals surface area contributed by atoms with E-state index in [1.165, 1.54) is 5.69 Å². The number of hydrogen-bond acceptors (Lipinski definition) is 2. The van der Waals surface area contributed by atoms with Crippen molar-refractivity contribution < 1.29 is 0 Å². The molecule has 2 radical (unpaired) electrons. The minimum Gasteiger partial charge on any atom is -0.369 e. The van der Waals surface area contributed by atoms with Crippen LogP contribution in [0.15, 0.2) is 24.3 Å². The normalized spacial score (nSPS) is 18.5. The van der Waals surface area contributed by atoms with E-state index in [0.717, 1.165) is 31.6 Å². The second-order valence-corrected chi connectivity index (χ2v) is 3.88. The van der Waals surface area contributed by atoms with Gasteiger partial charge in [0.15, 0.2) is 0 Å². The van der Waals surface area contributed by atoms with Crippen LogP contribution < -0.4 is 10.4 Å². The Balaban J connectivity index is 2.05. The second-order valence-electron chi connectivity index (χ2n) is 3.88. The van der Waals surface area contributed by atoms with Crippen molar-refractivity contribution in [2.75, 3.05) is 38.1 Å². The van der Waals surface area contributed by atoms with Gasteiger partial charge in [-0.3, -0.25) is 0 Å². The second kappa shape index (κ2) is 4.05. The lowest BCUT2D eigenvalue weighted by atomic mass is 9.96. The Morgan fingerprint density at radius 3 is 2.14 bits per heavy atom. The Kier molecular flexibility index (Phi) is 2.78.